The number of carbonyl (C=O) groups excluding carboxylic acids is 1. The average Bonchev–Trinajstić information content (AvgIpc) is 3.30. The number of anilines is 1. The molecule has 2 aliphatic heterocycles. The number of hydrogen-bond donors (Lipinski definition) is 2. The van der Waals surface area contributed by atoms with E-state index in [1.807, 2.05) is 23.1 Å². The van der Waals surface area contributed by atoms with Crippen LogP contribution in [-0.2, 0) is 0 Å². The molecule has 3 aliphatic rings. The lowest BCUT2D eigenvalue weighted by Gasteiger charge is -2.44. The Kier molecular flexibility index (Phi) is 6.19. The molecular weight excluding hydrogens is 414 g/mol. The number of nitrogens with one attached hydrogen (secondary N) is 1. The van der Waals surface area contributed by atoms with Gasteiger partial charge in [-0.15, -0.1) is 0 Å². The highest BCUT2D eigenvalue weighted by atomic mass is 16.5. The summed E-state index contributed by atoms with van der Waals surface area (Å²) in [6.45, 7) is 0.813. The van der Waals surface area contributed by atoms with E-state index in [4.69, 9.17) is 4.74 Å². The van der Waals surface area contributed by atoms with Crippen LogP contribution in [0, 0.1) is 5.92 Å². The lowest BCUT2D eigenvalue weighted by atomic mass is 9.81. The Morgan fingerprint density at radius 3 is 2.64 bits per heavy atom. The highest BCUT2D eigenvalue weighted by Gasteiger charge is 2.47. The van der Waals surface area contributed by atoms with Gasteiger partial charge in [0.15, 0.2) is 0 Å². The molecule has 2 aromatic rings. The smallest absolute Gasteiger partial charge is 0.318 e. The number of aliphatic hydroxyl groups is 1. The molecule has 1 saturated carbocycles. The van der Waals surface area contributed by atoms with Crippen molar-refractivity contribution < 1.29 is 14.6 Å². The minimum absolute atomic E-state index is 0.0117. The van der Waals surface area contributed by atoms with Crippen molar-refractivity contribution in [3.63, 3.8) is 0 Å². The maximum Gasteiger partial charge on any atom is 0.318 e. The molecule has 0 radical (unpaired) electrons. The molecule has 0 aromatic heterocycles. The third kappa shape index (κ3) is 4.05. The fourth-order valence-corrected chi connectivity index (χ4v) is 6.17. The zero-order chi connectivity index (χ0) is 22.9. The standard InChI is InChI=1S/C27H35N3O3/c1-29-24-12-11-19(18-7-6-10-21(15-18)33-2)16-23(24)26-22(25(29)17-31)13-14-30(26)27(32)28-20-8-4-3-5-9-20/h6-7,10-12,15-16,20,22,25-26,31H,3-5,8-9,13-14,17H2,1-2H3,(H,28,32)/t22-,25+,26-/m1/s1. The van der Waals surface area contributed by atoms with Crippen LogP contribution in [-0.4, -0.2) is 55.4 Å². The quantitative estimate of drug-likeness (QED) is 0.717. The topological polar surface area (TPSA) is 65.0 Å². The third-order valence-electron chi connectivity index (χ3n) is 7.95. The molecule has 6 heteroatoms. The minimum Gasteiger partial charge on any atom is -0.497 e. The average molecular weight is 450 g/mol. The Balaban J connectivity index is 1.50. The largest absolute Gasteiger partial charge is 0.497 e. The first-order chi connectivity index (χ1) is 16.1. The van der Waals surface area contributed by atoms with E-state index in [9.17, 15) is 9.90 Å². The maximum absolute atomic E-state index is 13.4. The molecule has 5 rings (SSSR count). The number of benzene rings is 2. The van der Waals surface area contributed by atoms with E-state index in [1.165, 1.54) is 24.8 Å². The van der Waals surface area contributed by atoms with Gasteiger partial charge < -0.3 is 25.0 Å². The highest BCUT2D eigenvalue weighted by Crippen LogP contribution is 2.49. The number of aliphatic hydroxyl groups excluding tert-OH is 1. The van der Waals surface area contributed by atoms with Gasteiger partial charge in [-0.25, -0.2) is 4.79 Å². The number of amides is 2. The van der Waals surface area contributed by atoms with Crippen LogP contribution in [0.3, 0.4) is 0 Å². The molecule has 2 aromatic carbocycles. The summed E-state index contributed by atoms with van der Waals surface area (Å²) < 4.78 is 5.43. The van der Waals surface area contributed by atoms with Crippen molar-refractivity contribution in [1.29, 1.82) is 0 Å². The normalized spacial score (nSPS) is 24.9. The van der Waals surface area contributed by atoms with Gasteiger partial charge in [-0.1, -0.05) is 37.5 Å². The van der Waals surface area contributed by atoms with E-state index in [-0.39, 0.29) is 36.7 Å². The molecule has 0 bridgehead atoms. The van der Waals surface area contributed by atoms with Crippen LogP contribution in [0.5, 0.6) is 5.75 Å². The first-order valence-electron chi connectivity index (χ1n) is 12.3. The number of methoxy groups -OCH3 is 1. The number of nitrogens with zero attached hydrogens (tertiary/aromatic N) is 2. The van der Waals surface area contributed by atoms with Crippen molar-refractivity contribution in [2.24, 2.45) is 5.92 Å². The molecule has 2 fully saturated rings. The number of likely N-dealkylation sites (tertiary alicyclic amines) is 1. The van der Waals surface area contributed by atoms with E-state index in [0.29, 0.717) is 0 Å². The van der Waals surface area contributed by atoms with Crippen molar-refractivity contribution in [3.8, 4) is 16.9 Å². The molecule has 6 nitrogen and oxygen atoms in total. The van der Waals surface area contributed by atoms with Crippen LogP contribution < -0.4 is 15.0 Å². The molecule has 3 atom stereocenters. The first-order valence-corrected chi connectivity index (χ1v) is 12.3. The summed E-state index contributed by atoms with van der Waals surface area (Å²) in [4.78, 5) is 17.6. The van der Waals surface area contributed by atoms with Gasteiger partial charge >= 0.3 is 6.03 Å². The molecule has 0 spiro atoms. The summed E-state index contributed by atoms with van der Waals surface area (Å²) in [7, 11) is 3.74. The van der Waals surface area contributed by atoms with E-state index < -0.39 is 0 Å². The molecule has 176 valence electrons. The van der Waals surface area contributed by atoms with Crippen molar-refractivity contribution in [2.45, 2.75) is 56.7 Å². The van der Waals surface area contributed by atoms with Crippen molar-refractivity contribution in [3.05, 3.63) is 48.0 Å². The minimum atomic E-state index is -0.0255. The van der Waals surface area contributed by atoms with Crippen LogP contribution >= 0.6 is 0 Å². The van der Waals surface area contributed by atoms with Crippen LogP contribution in [0.4, 0.5) is 10.5 Å². The molecule has 33 heavy (non-hydrogen) atoms. The van der Waals surface area contributed by atoms with Crippen LogP contribution in [0.15, 0.2) is 42.5 Å². The molecule has 0 unspecified atom stereocenters. The second-order valence-corrected chi connectivity index (χ2v) is 9.74. The van der Waals surface area contributed by atoms with Crippen molar-refractivity contribution in [1.82, 2.24) is 10.2 Å². The summed E-state index contributed by atoms with van der Waals surface area (Å²) in [6, 6.07) is 14.9. The van der Waals surface area contributed by atoms with Gasteiger partial charge in [0, 0.05) is 31.2 Å². The number of fused-ring (bicyclic) bond motifs is 3. The monoisotopic (exact) mass is 449 g/mol. The van der Waals surface area contributed by atoms with Crippen molar-refractivity contribution in [2.75, 3.05) is 32.2 Å². The van der Waals surface area contributed by atoms with E-state index in [1.54, 1.807) is 7.11 Å². The third-order valence-corrected chi connectivity index (χ3v) is 7.95. The molecule has 1 aliphatic carbocycles. The Labute approximate surface area is 196 Å². The first kappa shape index (κ1) is 22.1. The summed E-state index contributed by atoms with van der Waals surface area (Å²) in [5.41, 5.74) is 4.47. The van der Waals surface area contributed by atoms with Gasteiger partial charge in [-0.2, -0.15) is 0 Å². The second-order valence-electron chi connectivity index (χ2n) is 9.74. The molecule has 2 amide bonds. The lowest BCUT2D eigenvalue weighted by Crippen LogP contribution is -2.50. The van der Waals surface area contributed by atoms with Gasteiger partial charge in [-0.05, 0) is 60.2 Å². The Bertz CT molecular complexity index is 1000. The number of ether oxygens (including phenoxy) is 1. The summed E-state index contributed by atoms with van der Waals surface area (Å²) >= 11 is 0. The molecule has 1 saturated heterocycles. The number of hydrogen-bond acceptors (Lipinski definition) is 4. The lowest BCUT2D eigenvalue weighted by molar-refractivity contribution is 0.156. The zero-order valence-electron chi connectivity index (χ0n) is 19.7. The summed E-state index contributed by atoms with van der Waals surface area (Å²) in [6.07, 6.45) is 6.72. The van der Waals surface area contributed by atoms with Crippen LogP contribution in [0.2, 0.25) is 0 Å². The molecular formula is C27H35N3O3. The predicted octanol–water partition coefficient (Wildman–Crippen LogP) is 4.58. The van der Waals surface area contributed by atoms with Gasteiger partial charge in [0.1, 0.15) is 5.75 Å². The SMILES string of the molecule is COc1cccc(-c2ccc3c(c2)[C@H]2[C@H](CCN2C(=O)NC2CCCCC2)[C@H](CO)N3C)c1. The van der Waals surface area contributed by atoms with E-state index >= 15 is 0 Å². The zero-order valence-corrected chi connectivity index (χ0v) is 19.7. The Morgan fingerprint density at radius 2 is 1.88 bits per heavy atom. The number of carbonyl (C=O) groups is 1. The number of rotatable bonds is 4. The van der Waals surface area contributed by atoms with Gasteiger partial charge in [0.05, 0.1) is 25.8 Å². The Hall–Kier alpha value is -2.73. The predicted molar refractivity (Wildman–Crippen MR) is 131 cm³/mol. The number of urea groups is 1. The Morgan fingerprint density at radius 1 is 1.09 bits per heavy atom. The van der Waals surface area contributed by atoms with Gasteiger partial charge in [0.2, 0.25) is 0 Å². The molecule has 2 N–H and O–H groups in total. The fraction of sp³-hybridized carbons (Fsp3) is 0.519. The summed E-state index contributed by atoms with van der Waals surface area (Å²) in [5.74, 6) is 1.04. The van der Waals surface area contributed by atoms with Crippen molar-refractivity contribution >= 4 is 11.7 Å². The van der Waals surface area contributed by atoms with E-state index in [0.717, 1.165) is 48.4 Å². The fourth-order valence-electron chi connectivity index (χ4n) is 6.17. The number of likely N-dealkylation sites (N-methyl/N-ethyl adjacent to an activating group) is 1. The van der Waals surface area contributed by atoms with Gasteiger partial charge in [-0.3, -0.25) is 0 Å². The van der Waals surface area contributed by atoms with Crippen LogP contribution in [0.25, 0.3) is 11.1 Å². The maximum atomic E-state index is 13.4. The van der Waals surface area contributed by atoms with E-state index in [2.05, 4.69) is 41.5 Å². The van der Waals surface area contributed by atoms with Crippen LogP contribution in [0.1, 0.15) is 50.1 Å². The summed E-state index contributed by atoms with van der Waals surface area (Å²) in [5, 5.41) is 13.6. The molecule has 2 heterocycles. The van der Waals surface area contributed by atoms with Gasteiger partial charge in [0.25, 0.3) is 0 Å². The highest BCUT2D eigenvalue weighted by molar-refractivity contribution is 5.78. The second kappa shape index (κ2) is 9.26.